The summed E-state index contributed by atoms with van der Waals surface area (Å²) < 4.78 is 5.88. The lowest BCUT2D eigenvalue weighted by Crippen LogP contribution is -2.58. The molecular weight excluding hydrogens is 238 g/mol. The Bertz CT molecular complexity index is 296. The molecule has 0 aromatic carbocycles. The third-order valence-electron chi connectivity index (χ3n) is 4.80. The summed E-state index contributed by atoms with van der Waals surface area (Å²) in [5, 5.41) is 0. The van der Waals surface area contributed by atoms with Crippen LogP contribution in [0, 0.1) is 5.41 Å². The van der Waals surface area contributed by atoms with Gasteiger partial charge in [0.2, 0.25) is 0 Å². The molecule has 0 bridgehead atoms. The highest BCUT2D eigenvalue weighted by atomic mass is 16.5. The van der Waals surface area contributed by atoms with Gasteiger partial charge in [-0.2, -0.15) is 0 Å². The standard InChI is InChI=1S/C15H31N3O/c1-6-15(7-2)12(11-13(15)19-10-5)17-14(16)18(8-3)9-4/h12-13H,6-11H2,1-5H3,(H2,16,17). The second-order valence-electron chi connectivity index (χ2n) is 5.30. The van der Waals surface area contributed by atoms with Gasteiger partial charge in [-0.25, -0.2) is 4.99 Å². The first-order valence-corrected chi connectivity index (χ1v) is 7.79. The Hall–Kier alpha value is -0.770. The van der Waals surface area contributed by atoms with Crippen LogP contribution < -0.4 is 5.73 Å². The molecule has 1 fully saturated rings. The van der Waals surface area contributed by atoms with E-state index in [4.69, 9.17) is 15.5 Å². The van der Waals surface area contributed by atoms with Gasteiger partial charge in [-0.3, -0.25) is 0 Å². The van der Waals surface area contributed by atoms with Crippen molar-refractivity contribution < 1.29 is 4.74 Å². The molecule has 0 saturated heterocycles. The summed E-state index contributed by atoms with van der Waals surface area (Å²) in [6.45, 7) is 13.4. The molecule has 0 spiro atoms. The number of ether oxygens (including phenoxy) is 1. The lowest BCUT2D eigenvalue weighted by atomic mass is 9.59. The molecule has 1 aliphatic carbocycles. The van der Waals surface area contributed by atoms with E-state index in [2.05, 4.69) is 39.5 Å². The number of hydrogen-bond donors (Lipinski definition) is 1. The van der Waals surface area contributed by atoms with E-state index in [0.717, 1.165) is 39.0 Å². The van der Waals surface area contributed by atoms with Gasteiger partial charge < -0.3 is 15.4 Å². The van der Waals surface area contributed by atoms with Crippen molar-refractivity contribution in [1.29, 1.82) is 0 Å². The molecule has 2 N–H and O–H groups in total. The Labute approximate surface area is 118 Å². The van der Waals surface area contributed by atoms with E-state index in [-0.39, 0.29) is 5.41 Å². The highest BCUT2D eigenvalue weighted by molar-refractivity contribution is 5.78. The molecule has 1 rings (SSSR count). The van der Waals surface area contributed by atoms with Gasteiger partial charge in [0, 0.05) is 25.1 Å². The van der Waals surface area contributed by atoms with Crippen LogP contribution >= 0.6 is 0 Å². The lowest BCUT2D eigenvalue weighted by Gasteiger charge is -2.53. The zero-order chi connectivity index (χ0) is 14.5. The minimum Gasteiger partial charge on any atom is -0.378 e. The monoisotopic (exact) mass is 269 g/mol. The fourth-order valence-electron chi connectivity index (χ4n) is 3.31. The van der Waals surface area contributed by atoms with Crippen molar-refractivity contribution in [1.82, 2.24) is 4.90 Å². The Balaban J connectivity index is 2.81. The molecule has 0 aromatic rings. The van der Waals surface area contributed by atoms with Gasteiger partial charge >= 0.3 is 0 Å². The molecular formula is C15H31N3O. The summed E-state index contributed by atoms with van der Waals surface area (Å²) >= 11 is 0. The molecule has 0 radical (unpaired) electrons. The molecule has 2 atom stereocenters. The van der Waals surface area contributed by atoms with Crippen LogP contribution in [0.15, 0.2) is 4.99 Å². The maximum absolute atomic E-state index is 6.13. The van der Waals surface area contributed by atoms with Crippen LogP contribution in [0.4, 0.5) is 0 Å². The molecule has 4 heteroatoms. The molecule has 4 nitrogen and oxygen atoms in total. The smallest absolute Gasteiger partial charge is 0.191 e. The van der Waals surface area contributed by atoms with Crippen molar-refractivity contribution in [2.75, 3.05) is 19.7 Å². The summed E-state index contributed by atoms with van der Waals surface area (Å²) in [4.78, 5) is 6.91. The van der Waals surface area contributed by atoms with Gasteiger partial charge in [-0.15, -0.1) is 0 Å². The van der Waals surface area contributed by atoms with Crippen molar-refractivity contribution in [2.45, 2.75) is 66.0 Å². The van der Waals surface area contributed by atoms with E-state index in [0.29, 0.717) is 18.1 Å². The molecule has 1 saturated carbocycles. The molecule has 0 aliphatic heterocycles. The molecule has 0 heterocycles. The number of nitrogens with zero attached hydrogens (tertiary/aromatic N) is 2. The van der Waals surface area contributed by atoms with Gasteiger partial charge in [0.1, 0.15) is 0 Å². The maximum Gasteiger partial charge on any atom is 0.191 e. The summed E-state index contributed by atoms with van der Waals surface area (Å²) in [6, 6.07) is 0.319. The molecule has 19 heavy (non-hydrogen) atoms. The molecule has 0 amide bonds. The Morgan fingerprint density at radius 2 is 1.79 bits per heavy atom. The normalized spacial score (nSPS) is 26.1. The number of rotatable bonds is 7. The lowest BCUT2D eigenvalue weighted by molar-refractivity contribution is -0.127. The van der Waals surface area contributed by atoms with Gasteiger partial charge in [-0.1, -0.05) is 13.8 Å². The quantitative estimate of drug-likeness (QED) is 0.571. The van der Waals surface area contributed by atoms with E-state index in [1.54, 1.807) is 0 Å². The van der Waals surface area contributed by atoms with Crippen LogP contribution in [0.3, 0.4) is 0 Å². The summed E-state index contributed by atoms with van der Waals surface area (Å²) in [5.74, 6) is 0.691. The summed E-state index contributed by atoms with van der Waals surface area (Å²) in [6.07, 6.45) is 3.57. The van der Waals surface area contributed by atoms with Crippen LogP contribution in [0.2, 0.25) is 0 Å². The van der Waals surface area contributed by atoms with E-state index in [1.165, 1.54) is 0 Å². The van der Waals surface area contributed by atoms with Gasteiger partial charge in [0.25, 0.3) is 0 Å². The predicted molar refractivity (Wildman–Crippen MR) is 81.4 cm³/mol. The van der Waals surface area contributed by atoms with E-state index in [1.807, 2.05) is 0 Å². The van der Waals surface area contributed by atoms with Gasteiger partial charge in [0.15, 0.2) is 5.96 Å². The zero-order valence-corrected chi connectivity index (χ0v) is 13.3. The Kier molecular flexibility index (Phi) is 6.11. The third kappa shape index (κ3) is 3.04. The van der Waals surface area contributed by atoms with Crippen molar-refractivity contribution in [3.8, 4) is 0 Å². The van der Waals surface area contributed by atoms with E-state index < -0.39 is 0 Å². The van der Waals surface area contributed by atoms with E-state index >= 15 is 0 Å². The van der Waals surface area contributed by atoms with Crippen molar-refractivity contribution in [3.63, 3.8) is 0 Å². The average Bonchev–Trinajstić information content (AvgIpc) is 2.40. The van der Waals surface area contributed by atoms with Crippen LogP contribution in [-0.4, -0.2) is 42.7 Å². The van der Waals surface area contributed by atoms with Crippen molar-refractivity contribution in [3.05, 3.63) is 0 Å². The van der Waals surface area contributed by atoms with E-state index in [9.17, 15) is 0 Å². The first-order chi connectivity index (χ1) is 9.09. The van der Waals surface area contributed by atoms with Crippen LogP contribution in [-0.2, 0) is 4.74 Å². The maximum atomic E-state index is 6.13. The minimum absolute atomic E-state index is 0.188. The molecule has 112 valence electrons. The molecule has 0 aromatic heterocycles. The SMILES string of the molecule is CCOC1CC(N=C(N)N(CC)CC)C1(CC)CC. The summed E-state index contributed by atoms with van der Waals surface area (Å²) in [5.41, 5.74) is 6.32. The number of aliphatic imine (C=N–C) groups is 1. The van der Waals surface area contributed by atoms with Crippen LogP contribution in [0.25, 0.3) is 0 Å². The average molecular weight is 269 g/mol. The Morgan fingerprint density at radius 1 is 1.21 bits per heavy atom. The molecule has 1 aliphatic rings. The predicted octanol–water partition coefficient (Wildman–Crippen LogP) is 2.63. The topological polar surface area (TPSA) is 50.9 Å². The first kappa shape index (κ1) is 16.3. The Morgan fingerprint density at radius 3 is 2.21 bits per heavy atom. The largest absolute Gasteiger partial charge is 0.378 e. The minimum atomic E-state index is 0.188. The van der Waals surface area contributed by atoms with Crippen molar-refractivity contribution >= 4 is 5.96 Å². The second kappa shape index (κ2) is 7.13. The number of hydrogen-bond acceptors (Lipinski definition) is 2. The highest BCUT2D eigenvalue weighted by Crippen LogP contribution is 2.50. The first-order valence-electron chi connectivity index (χ1n) is 7.79. The number of guanidine groups is 1. The highest BCUT2D eigenvalue weighted by Gasteiger charge is 2.53. The third-order valence-corrected chi connectivity index (χ3v) is 4.80. The van der Waals surface area contributed by atoms with Gasteiger partial charge in [-0.05, 0) is 40.0 Å². The summed E-state index contributed by atoms with van der Waals surface area (Å²) in [7, 11) is 0. The second-order valence-corrected chi connectivity index (χ2v) is 5.30. The van der Waals surface area contributed by atoms with Crippen molar-refractivity contribution in [2.24, 2.45) is 16.1 Å². The molecule has 2 unspecified atom stereocenters. The fraction of sp³-hybridized carbons (Fsp3) is 0.933. The van der Waals surface area contributed by atoms with Gasteiger partial charge in [0.05, 0.1) is 12.1 Å². The van der Waals surface area contributed by atoms with Crippen LogP contribution in [0.1, 0.15) is 53.9 Å². The number of nitrogens with two attached hydrogens (primary N) is 1. The zero-order valence-electron chi connectivity index (χ0n) is 13.3. The van der Waals surface area contributed by atoms with Crippen LogP contribution in [0.5, 0.6) is 0 Å². The fourth-order valence-corrected chi connectivity index (χ4v) is 3.31.